The van der Waals surface area contributed by atoms with Crippen molar-refractivity contribution in [1.82, 2.24) is 9.80 Å². The Labute approximate surface area is 148 Å². The number of hydrogen-bond donors (Lipinski definition) is 0. The molecular formula is C20H36N2O2. The summed E-state index contributed by atoms with van der Waals surface area (Å²) in [5.74, 6) is 0.559. The molecule has 0 aromatic carbocycles. The van der Waals surface area contributed by atoms with Crippen molar-refractivity contribution in [3.8, 4) is 0 Å². The van der Waals surface area contributed by atoms with Crippen molar-refractivity contribution in [1.29, 1.82) is 0 Å². The highest BCUT2D eigenvalue weighted by Gasteiger charge is 2.29. The minimum absolute atomic E-state index is 0.279. The van der Waals surface area contributed by atoms with Gasteiger partial charge in [-0.15, -0.1) is 0 Å². The van der Waals surface area contributed by atoms with Crippen molar-refractivity contribution < 1.29 is 9.59 Å². The third-order valence-corrected chi connectivity index (χ3v) is 5.99. The molecule has 0 N–H and O–H groups in total. The Morgan fingerprint density at radius 3 is 1.25 bits per heavy atom. The molecule has 4 nitrogen and oxygen atoms in total. The van der Waals surface area contributed by atoms with E-state index in [1.165, 1.54) is 12.8 Å². The Balaban J connectivity index is 1.72. The summed E-state index contributed by atoms with van der Waals surface area (Å²) in [6.07, 6.45) is 9.80. The van der Waals surface area contributed by atoms with Gasteiger partial charge in [0.15, 0.2) is 0 Å². The van der Waals surface area contributed by atoms with Crippen molar-refractivity contribution in [2.45, 2.75) is 116 Å². The summed E-state index contributed by atoms with van der Waals surface area (Å²) in [6, 6.07) is 1.49. The molecule has 0 spiro atoms. The molecule has 2 aliphatic rings. The maximum atomic E-state index is 12.5. The summed E-state index contributed by atoms with van der Waals surface area (Å²) in [5, 5.41) is 0. The summed E-state index contributed by atoms with van der Waals surface area (Å²) in [5.41, 5.74) is 0. The largest absolute Gasteiger partial charge is 0.337 e. The van der Waals surface area contributed by atoms with E-state index >= 15 is 0 Å². The van der Waals surface area contributed by atoms with Crippen LogP contribution in [0.4, 0.5) is 0 Å². The van der Waals surface area contributed by atoms with E-state index in [4.69, 9.17) is 0 Å². The molecule has 0 aromatic rings. The van der Waals surface area contributed by atoms with Gasteiger partial charge in [-0.1, -0.05) is 0 Å². The highest BCUT2D eigenvalue weighted by Crippen LogP contribution is 2.25. The number of carbonyl (C=O) groups excluding carboxylic acids is 2. The van der Waals surface area contributed by atoms with E-state index in [-0.39, 0.29) is 11.8 Å². The summed E-state index contributed by atoms with van der Waals surface area (Å²) in [6.45, 7) is 8.65. The predicted molar refractivity (Wildman–Crippen MR) is 97.7 cm³/mol. The van der Waals surface area contributed by atoms with E-state index in [1.807, 2.05) is 0 Å². The van der Waals surface area contributed by atoms with Gasteiger partial charge in [-0.3, -0.25) is 9.59 Å². The average Bonchev–Trinajstić information content (AvgIpc) is 2.51. The van der Waals surface area contributed by atoms with Crippen LogP contribution in [0.15, 0.2) is 0 Å². The molecule has 0 aliphatic carbocycles. The molecule has 2 aliphatic heterocycles. The van der Waals surface area contributed by atoms with Crippen molar-refractivity contribution in [3.05, 3.63) is 0 Å². The number of nitrogens with zero attached hydrogens (tertiary/aromatic N) is 2. The first-order valence-corrected chi connectivity index (χ1v) is 10.0. The number of carbonyl (C=O) groups is 2. The fourth-order valence-electron chi connectivity index (χ4n) is 4.64. The second-order valence-corrected chi connectivity index (χ2v) is 8.07. The molecule has 138 valence electrons. The first kappa shape index (κ1) is 19.3. The van der Waals surface area contributed by atoms with Crippen LogP contribution in [0.5, 0.6) is 0 Å². The number of amides is 2. The summed E-state index contributed by atoms with van der Waals surface area (Å²) < 4.78 is 0. The van der Waals surface area contributed by atoms with E-state index in [2.05, 4.69) is 37.5 Å². The SMILES string of the molecule is C[C@@H]1CCC[C@@H](C)N1C(=O)CCCCC(=O)N1[C@@H](C)CCC[C@@H]1C. The summed E-state index contributed by atoms with van der Waals surface area (Å²) in [4.78, 5) is 29.2. The quantitative estimate of drug-likeness (QED) is 0.708. The van der Waals surface area contributed by atoms with Gasteiger partial charge < -0.3 is 9.80 Å². The van der Waals surface area contributed by atoms with E-state index in [0.29, 0.717) is 37.0 Å². The lowest BCUT2D eigenvalue weighted by molar-refractivity contribution is -0.139. The van der Waals surface area contributed by atoms with Crippen molar-refractivity contribution >= 4 is 11.8 Å². The second kappa shape index (κ2) is 8.87. The molecule has 2 fully saturated rings. The average molecular weight is 337 g/mol. The lowest BCUT2D eigenvalue weighted by Crippen LogP contribution is -2.47. The van der Waals surface area contributed by atoms with Gasteiger partial charge in [-0.2, -0.15) is 0 Å². The third kappa shape index (κ3) is 4.73. The van der Waals surface area contributed by atoms with Crippen LogP contribution in [0.25, 0.3) is 0 Å². The van der Waals surface area contributed by atoms with Gasteiger partial charge in [-0.25, -0.2) is 0 Å². The highest BCUT2D eigenvalue weighted by atomic mass is 16.2. The molecule has 2 rings (SSSR count). The number of likely N-dealkylation sites (tertiary alicyclic amines) is 2. The Hall–Kier alpha value is -1.06. The zero-order valence-corrected chi connectivity index (χ0v) is 16.1. The maximum Gasteiger partial charge on any atom is 0.223 e. The molecule has 0 unspecified atom stereocenters. The zero-order valence-electron chi connectivity index (χ0n) is 16.1. The molecule has 4 atom stereocenters. The fraction of sp³-hybridized carbons (Fsp3) is 0.900. The van der Waals surface area contributed by atoms with E-state index in [0.717, 1.165) is 38.5 Å². The molecule has 2 heterocycles. The molecular weight excluding hydrogens is 300 g/mol. The smallest absolute Gasteiger partial charge is 0.223 e. The van der Waals surface area contributed by atoms with Gasteiger partial charge >= 0.3 is 0 Å². The van der Waals surface area contributed by atoms with Gasteiger partial charge in [0.05, 0.1) is 0 Å². The lowest BCUT2D eigenvalue weighted by Gasteiger charge is -2.39. The number of rotatable bonds is 5. The molecule has 2 saturated heterocycles. The number of hydrogen-bond acceptors (Lipinski definition) is 2. The molecule has 0 radical (unpaired) electrons. The molecule has 24 heavy (non-hydrogen) atoms. The topological polar surface area (TPSA) is 40.6 Å². The summed E-state index contributed by atoms with van der Waals surface area (Å²) >= 11 is 0. The van der Waals surface area contributed by atoms with Crippen LogP contribution in [0, 0.1) is 0 Å². The maximum absolute atomic E-state index is 12.5. The highest BCUT2D eigenvalue weighted by molar-refractivity contribution is 5.78. The Morgan fingerprint density at radius 1 is 0.667 bits per heavy atom. The van der Waals surface area contributed by atoms with Crippen LogP contribution < -0.4 is 0 Å². The minimum Gasteiger partial charge on any atom is -0.337 e. The monoisotopic (exact) mass is 336 g/mol. The third-order valence-electron chi connectivity index (χ3n) is 5.99. The molecule has 0 aromatic heterocycles. The Morgan fingerprint density at radius 2 is 0.958 bits per heavy atom. The van der Waals surface area contributed by atoms with E-state index in [1.54, 1.807) is 0 Å². The molecule has 4 heteroatoms. The van der Waals surface area contributed by atoms with Crippen molar-refractivity contribution in [2.75, 3.05) is 0 Å². The minimum atomic E-state index is 0.279. The van der Waals surface area contributed by atoms with Crippen molar-refractivity contribution in [2.24, 2.45) is 0 Å². The fourth-order valence-corrected chi connectivity index (χ4v) is 4.64. The molecule has 0 saturated carbocycles. The Bertz CT molecular complexity index is 377. The first-order chi connectivity index (χ1) is 11.4. The zero-order chi connectivity index (χ0) is 17.7. The molecule has 0 bridgehead atoms. The summed E-state index contributed by atoms with van der Waals surface area (Å²) in [7, 11) is 0. The predicted octanol–water partition coefficient (Wildman–Crippen LogP) is 4.13. The van der Waals surface area contributed by atoms with Gasteiger partial charge in [0, 0.05) is 37.0 Å². The number of unbranched alkanes of at least 4 members (excludes halogenated alkanes) is 1. The van der Waals surface area contributed by atoms with Crippen molar-refractivity contribution in [3.63, 3.8) is 0 Å². The normalized spacial score (nSPS) is 31.2. The van der Waals surface area contributed by atoms with Crippen LogP contribution in [0.2, 0.25) is 0 Å². The van der Waals surface area contributed by atoms with E-state index < -0.39 is 0 Å². The van der Waals surface area contributed by atoms with Gasteiger partial charge in [0.2, 0.25) is 11.8 Å². The Kier molecular flexibility index (Phi) is 7.12. The second-order valence-electron chi connectivity index (χ2n) is 8.07. The van der Waals surface area contributed by atoms with Crippen LogP contribution >= 0.6 is 0 Å². The van der Waals surface area contributed by atoms with Gasteiger partial charge in [0.1, 0.15) is 0 Å². The standard InChI is InChI=1S/C20H36N2O2/c1-15-9-7-10-16(2)21(15)19(23)13-5-6-14-20(24)22-17(3)11-8-12-18(22)4/h15-18H,5-14H2,1-4H3/t15-,16-,17+,18+. The molecule has 2 amide bonds. The van der Waals surface area contributed by atoms with Gasteiger partial charge in [-0.05, 0) is 79.1 Å². The van der Waals surface area contributed by atoms with Crippen LogP contribution in [0.3, 0.4) is 0 Å². The van der Waals surface area contributed by atoms with Crippen LogP contribution in [0.1, 0.15) is 91.9 Å². The first-order valence-electron chi connectivity index (χ1n) is 10.0. The lowest BCUT2D eigenvalue weighted by atomic mass is 9.96. The van der Waals surface area contributed by atoms with E-state index in [9.17, 15) is 9.59 Å². The number of piperidine rings is 2. The van der Waals surface area contributed by atoms with Crippen LogP contribution in [-0.2, 0) is 9.59 Å². The van der Waals surface area contributed by atoms with Gasteiger partial charge in [0.25, 0.3) is 0 Å². The van der Waals surface area contributed by atoms with Crippen LogP contribution in [-0.4, -0.2) is 45.8 Å².